The monoisotopic (exact) mass is 292 g/mol. The molecule has 5 heteroatoms. The van der Waals surface area contributed by atoms with Crippen LogP contribution in [0, 0.1) is 5.82 Å². The lowest BCUT2D eigenvalue weighted by atomic mass is 10.2. The Balaban J connectivity index is 2.01. The van der Waals surface area contributed by atoms with Crippen LogP contribution < -0.4 is 4.74 Å². The number of hydrogen-bond acceptors (Lipinski definition) is 3. The number of hydrogen-bond donors (Lipinski definition) is 1. The van der Waals surface area contributed by atoms with E-state index in [1.165, 1.54) is 12.1 Å². The van der Waals surface area contributed by atoms with E-state index >= 15 is 0 Å². The lowest BCUT2D eigenvalue weighted by Crippen LogP contribution is -2.08. The minimum Gasteiger partial charge on any atom is -0.487 e. The molecule has 114 valence electrons. The molecule has 0 saturated carbocycles. The number of rotatable bonds is 7. The van der Waals surface area contributed by atoms with E-state index < -0.39 is 5.82 Å². The normalized spacial score (nSPS) is 11.1. The van der Waals surface area contributed by atoms with E-state index in [-0.39, 0.29) is 13.2 Å². The standard InChI is InChI=1S/C16H21FN2O2/c1-3-15(4-2)19-6-5-14(18-19)11-21-16-8-12(10-20)7-13(17)9-16/h5-9,15,20H,3-4,10-11H2,1-2H3. The third-order valence-electron chi connectivity index (χ3n) is 3.48. The van der Waals surface area contributed by atoms with Crippen LogP contribution in [0.3, 0.4) is 0 Å². The Labute approximate surface area is 124 Å². The Bertz CT molecular complexity index is 579. The van der Waals surface area contributed by atoms with Crippen LogP contribution in [0.4, 0.5) is 4.39 Å². The molecule has 0 radical (unpaired) electrons. The van der Waals surface area contributed by atoms with Crippen molar-refractivity contribution in [3.8, 4) is 5.75 Å². The van der Waals surface area contributed by atoms with Gasteiger partial charge in [0.15, 0.2) is 0 Å². The first kappa shape index (κ1) is 15.5. The summed E-state index contributed by atoms with van der Waals surface area (Å²) in [6.45, 7) is 4.34. The third-order valence-corrected chi connectivity index (χ3v) is 3.48. The summed E-state index contributed by atoms with van der Waals surface area (Å²) in [5, 5.41) is 13.5. The molecule has 0 fully saturated rings. The van der Waals surface area contributed by atoms with Crippen LogP contribution in [-0.4, -0.2) is 14.9 Å². The highest BCUT2D eigenvalue weighted by atomic mass is 19.1. The SMILES string of the molecule is CCC(CC)n1ccc(COc2cc(F)cc(CO)c2)n1. The maximum absolute atomic E-state index is 13.3. The maximum Gasteiger partial charge on any atom is 0.132 e. The minimum atomic E-state index is -0.417. The molecule has 0 atom stereocenters. The zero-order valence-corrected chi connectivity index (χ0v) is 12.4. The van der Waals surface area contributed by atoms with Gasteiger partial charge in [-0.2, -0.15) is 5.10 Å². The highest BCUT2D eigenvalue weighted by Gasteiger charge is 2.08. The van der Waals surface area contributed by atoms with Gasteiger partial charge in [0.25, 0.3) is 0 Å². The summed E-state index contributed by atoms with van der Waals surface area (Å²) < 4.78 is 20.8. The summed E-state index contributed by atoms with van der Waals surface area (Å²) >= 11 is 0. The van der Waals surface area contributed by atoms with Gasteiger partial charge in [-0.15, -0.1) is 0 Å². The molecule has 0 aliphatic heterocycles. The molecule has 0 saturated heterocycles. The lowest BCUT2D eigenvalue weighted by molar-refractivity contribution is 0.275. The average molecular weight is 292 g/mol. The molecule has 1 aromatic heterocycles. The molecular weight excluding hydrogens is 271 g/mol. The number of nitrogens with zero attached hydrogens (tertiary/aromatic N) is 2. The number of ether oxygens (including phenoxy) is 1. The first-order valence-electron chi connectivity index (χ1n) is 7.23. The van der Waals surface area contributed by atoms with Crippen molar-refractivity contribution in [3.63, 3.8) is 0 Å². The summed E-state index contributed by atoms with van der Waals surface area (Å²) in [4.78, 5) is 0. The zero-order chi connectivity index (χ0) is 15.2. The summed E-state index contributed by atoms with van der Waals surface area (Å²) in [6, 6.07) is 6.52. The van der Waals surface area contributed by atoms with E-state index in [1.807, 2.05) is 16.9 Å². The smallest absolute Gasteiger partial charge is 0.132 e. The van der Waals surface area contributed by atoms with E-state index in [4.69, 9.17) is 9.84 Å². The van der Waals surface area contributed by atoms with Gasteiger partial charge in [0.1, 0.15) is 18.2 Å². The second-order valence-corrected chi connectivity index (χ2v) is 5.00. The van der Waals surface area contributed by atoms with Crippen molar-refractivity contribution in [2.45, 2.75) is 45.9 Å². The molecule has 1 aromatic carbocycles. The van der Waals surface area contributed by atoms with Crippen LogP contribution in [0.15, 0.2) is 30.5 Å². The second kappa shape index (κ2) is 7.22. The molecule has 0 unspecified atom stereocenters. The first-order chi connectivity index (χ1) is 10.2. The van der Waals surface area contributed by atoms with Gasteiger partial charge in [-0.1, -0.05) is 13.8 Å². The van der Waals surface area contributed by atoms with Crippen LogP contribution in [0.1, 0.15) is 44.0 Å². The third kappa shape index (κ3) is 4.04. The quantitative estimate of drug-likeness (QED) is 0.850. The maximum atomic E-state index is 13.3. The fourth-order valence-corrected chi connectivity index (χ4v) is 2.27. The molecular formula is C16H21FN2O2. The Morgan fingerprint density at radius 3 is 2.71 bits per heavy atom. The topological polar surface area (TPSA) is 47.3 Å². The van der Waals surface area contributed by atoms with Crippen molar-refractivity contribution >= 4 is 0 Å². The van der Waals surface area contributed by atoms with Gasteiger partial charge in [0.05, 0.1) is 18.3 Å². The van der Waals surface area contributed by atoms with Crippen LogP contribution in [0.5, 0.6) is 5.75 Å². The second-order valence-electron chi connectivity index (χ2n) is 5.00. The van der Waals surface area contributed by atoms with E-state index in [0.29, 0.717) is 17.4 Å². The van der Waals surface area contributed by atoms with Crippen molar-refractivity contribution in [2.24, 2.45) is 0 Å². The van der Waals surface area contributed by atoms with Gasteiger partial charge < -0.3 is 9.84 Å². The molecule has 4 nitrogen and oxygen atoms in total. The van der Waals surface area contributed by atoms with Crippen LogP contribution >= 0.6 is 0 Å². The molecule has 0 bridgehead atoms. The van der Waals surface area contributed by atoms with Crippen LogP contribution in [0.25, 0.3) is 0 Å². The highest BCUT2D eigenvalue weighted by molar-refractivity contribution is 5.29. The molecule has 21 heavy (non-hydrogen) atoms. The Kier molecular flexibility index (Phi) is 5.33. The summed E-state index contributed by atoms with van der Waals surface area (Å²) in [5.41, 5.74) is 1.30. The van der Waals surface area contributed by atoms with E-state index in [2.05, 4.69) is 18.9 Å². The first-order valence-corrected chi connectivity index (χ1v) is 7.23. The largest absolute Gasteiger partial charge is 0.487 e. The predicted molar refractivity (Wildman–Crippen MR) is 78.5 cm³/mol. The van der Waals surface area contributed by atoms with Crippen molar-refractivity contribution in [3.05, 3.63) is 47.5 Å². The Hall–Kier alpha value is -1.88. The summed E-state index contributed by atoms with van der Waals surface area (Å²) in [7, 11) is 0. The fraction of sp³-hybridized carbons (Fsp3) is 0.438. The van der Waals surface area contributed by atoms with Crippen molar-refractivity contribution < 1.29 is 14.2 Å². The minimum absolute atomic E-state index is 0.211. The van der Waals surface area contributed by atoms with Crippen LogP contribution in [0.2, 0.25) is 0 Å². The van der Waals surface area contributed by atoms with Gasteiger partial charge in [-0.25, -0.2) is 4.39 Å². The van der Waals surface area contributed by atoms with Crippen molar-refractivity contribution in [1.82, 2.24) is 9.78 Å². The number of aliphatic hydroxyl groups excluding tert-OH is 1. The predicted octanol–water partition coefficient (Wildman–Crippen LogP) is 3.45. The molecule has 1 heterocycles. The van der Waals surface area contributed by atoms with Gasteiger partial charge in [-0.3, -0.25) is 4.68 Å². The molecule has 0 amide bonds. The van der Waals surface area contributed by atoms with E-state index in [9.17, 15) is 4.39 Å². The average Bonchev–Trinajstić information content (AvgIpc) is 2.94. The molecule has 0 aliphatic rings. The van der Waals surface area contributed by atoms with E-state index in [1.54, 1.807) is 6.07 Å². The van der Waals surface area contributed by atoms with Crippen LogP contribution in [-0.2, 0) is 13.2 Å². The molecule has 0 spiro atoms. The Morgan fingerprint density at radius 1 is 1.29 bits per heavy atom. The number of benzene rings is 1. The summed E-state index contributed by atoms with van der Waals surface area (Å²) in [5.74, 6) is -0.0183. The van der Waals surface area contributed by atoms with Gasteiger partial charge in [0, 0.05) is 12.3 Å². The molecule has 2 aromatic rings. The van der Waals surface area contributed by atoms with Crippen molar-refractivity contribution in [2.75, 3.05) is 0 Å². The number of aromatic nitrogens is 2. The molecule has 0 aliphatic carbocycles. The Morgan fingerprint density at radius 2 is 2.05 bits per heavy atom. The fourth-order valence-electron chi connectivity index (χ4n) is 2.27. The number of halogens is 1. The molecule has 2 rings (SSSR count). The van der Waals surface area contributed by atoms with E-state index in [0.717, 1.165) is 18.5 Å². The lowest BCUT2D eigenvalue weighted by Gasteiger charge is -2.12. The zero-order valence-electron chi connectivity index (χ0n) is 12.4. The van der Waals surface area contributed by atoms with Gasteiger partial charge in [-0.05, 0) is 36.6 Å². The number of aliphatic hydroxyl groups is 1. The molecule has 1 N–H and O–H groups in total. The summed E-state index contributed by atoms with van der Waals surface area (Å²) in [6.07, 6.45) is 4.01. The van der Waals surface area contributed by atoms with Gasteiger partial charge in [0.2, 0.25) is 0 Å². The highest BCUT2D eigenvalue weighted by Crippen LogP contribution is 2.19. The van der Waals surface area contributed by atoms with Gasteiger partial charge >= 0.3 is 0 Å². The van der Waals surface area contributed by atoms with Crippen molar-refractivity contribution in [1.29, 1.82) is 0 Å².